The van der Waals surface area contributed by atoms with Crippen molar-refractivity contribution in [3.8, 4) is 6.07 Å². The van der Waals surface area contributed by atoms with E-state index in [1.165, 1.54) is 0 Å². The molecule has 0 saturated heterocycles. The van der Waals surface area contributed by atoms with Gasteiger partial charge in [0.1, 0.15) is 6.07 Å². The molecule has 74 valence electrons. The standard InChI is InChI=1S/C7H6N2.C5H5N/c8-5-6-3-1-2-4-7(6)9;1-2-4-6-5-3-1/h1-4H,9H2;1-5H. The van der Waals surface area contributed by atoms with E-state index in [9.17, 15) is 0 Å². The maximum absolute atomic E-state index is 8.39. The number of nitrogen functional groups attached to an aromatic ring is 1. The van der Waals surface area contributed by atoms with E-state index in [0.717, 1.165) is 0 Å². The van der Waals surface area contributed by atoms with Crippen molar-refractivity contribution >= 4 is 5.69 Å². The van der Waals surface area contributed by atoms with Crippen molar-refractivity contribution in [1.29, 1.82) is 5.26 Å². The Kier molecular flexibility index (Phi) is 4.41. The number of hydrogen-bond acceptors (Lipinski definition) is 3. The Bertz CT molecular complexity index is 405. The fourth-order valence-electron chi connectivity index (χ4n) is 0.911. The lowest BCUT2D eigenvalue weighted by Gasteiger charge is -1.91. The third kappa shape index (κ3) is 3.92. The highest BCUT2D eigenvalue weighted by atomic mass is 14.6. The number of pyridine rings is 1. The molecule has 0 aliphatic heterocycles. The van der Waals surface area contributed by atoms with Crippen molar-refractivity contribution in [3.05, 3.63) is 60.4 Å². The quantitative estimate of drug-likeness (QED) is 0.658. The zero-order valence-electron chi connectivity index (χ0n) is 8.17. The SMILES string of the molecule is N#Cc1ccccc1N.c1ccncc1. The minimum atomic E-state index is 0.539. The van der Waals surface area contributed by atoms with Crippen LogP contribution < -0.4 is 5.73 Å². The number of benzene rings is 1. The number of hydrogen-bond donors (Lipinski definition) is 1. The van der Waals surface area contributed by atoms with E-state index in [4.69, 9.17) is 11.0 Å². The molecule has 2 aromatic rings. The summed E-state index contributed by atoms with van der Waals surface area (Å²) in [4.78, 5) is 3.78. The van der Waals surface area contributed by atoms with E-state index in [1.807, 2.05) is 24.3 Å². The third-order valence-electron chi connectivity index (χ3n) is 1.65. The van der Waals surface area contributed by atoms with Gasteiger partial charge in [-0.3, -0.25) is 4.98 Å². The van der Waals surface area contributed by atoms with Crippen LogP contribution >= 0.6 is 0 Å². The second-order valence-electron chi connectivity index (χ2n) is 2.72. The first-order valence-corrected chi connectivity index (χ1v) is 4.44. The van der Waals surface area contributed by atoms with Gasteiger partial charge in [0.15, 0.2) is 0 Å². The number of anilines is 1. The van der Waals surface area contributed by atoms with Crippen molar-refractivity contribution in [2.75, 3.05) is 5.73 Å². The predicted molar refractivity (Wildman–Crippen MR) is 59.8 cm³/mol. The molecule has 1 aromatic carbocycles. The average molecular weight is 197 g/mol. The molecule has 1 heterocycles. The largest absolute Gasteiger partial charge is 0.398 e. The first kappa shape index (κ1) is 10.7. The molecule has 0 fully saturated rings. The predicted octanol–water partition coefficient (Wildman–Crippen LogP) is 2.22. The number of aromatic nitrogens is 1. The van der Waals surface area contributed by atoms with Crippen LogP contribution in [-0.4, -0.2) is 4.98 Å². The van der Waals surface area contributed by atoms with Crippen LogP contribution in [0.2, 0.25) is 0 Å². The summed E-state index contributed by atoms with van der Waals surface area (Å²) < 4.78 is 0. The van der Waals surface area contributed by atoms with Crippen molar-refractivity contribution in [2.45, 2.75) is 0 Å². The molecule has 2 rings (SSSR count). The minimum absolute atomic E-state index is 0.539. The van der Waals surface area contributed by atoms with Gasteiger partial charge in [0.05, 0.1) is 5.56 Å². The van der Waals surface area contributed by atoms with Gasteiger partial charge in [0, 0.05) is 18.1 Å². The maximum atomic E-state index is 8.39. The van der Waals surface area contributed by atoms with E-state index in [1.54, 1.807) is 36.7 Å². The Morgan fingerprint density at radius 3 is 2.00 bits per heavy atom. The first-order chi connectivity index (χ1) is 7.34. The van der Waals surface area contributed by atoms with Crippen molar-refractivity contribution in [3.63, 3.8) is 0 Å². The van der Waals surface area contributed by atoms with Crippen LogP contribution in [0.5, 0.6) is 0 Å². The van der Waals surface area contributed by atoms with Gasteiger partial charge in [-0.2, -0.15) is 5.26 Å². The summed E-state index contributed by atoms with van der Waals surface area (Å²) >= 11 is 0. The van der Waals surface area contributed by atoms with Gasteiger partial charge < -0.3 is 5.73 Å². The summed E-state index contributed by atoms with van der Waals surface area (Å²) in [6.07, 6.45) is 3.50. The first-order valence-electron chi connectivity index (χ1n) is 4.44. The Labute approximate surface area is 88.8 Å². The molecule has 0 atom stereocenters. The molecule has 0 bridgehead atoms. The van der Waals surface area contributed by atoms with Gasteiger partial charge in [-0.15, -0.1) is 0 Å². The molecule has 2 N–H and O–H groups in total. The maximum Gasteiger partial charge on any atom is 0.101 e. The van der Waals surface area contributed by atoms with E-state index in [0.29, 0.717) is 11.3 Å². The van der Waals surface area contributed by atoms with Gasteiger partial charge in [-0.05, 0) is 24.3 Å². The van der Waals surface area contributed by atoms with Gasteiger partial charge in [0.25, 0.3) is 0 Å². The second kappa shape index (κ2) is 6.17. The molecule has 0 aliphatic rings. The fourth-order valence-corrected chi connectivity index (χ4v) is 0.911. The van der Waals surface area contributed by atoms with Crippen LogP contribution in [0.25, 0.3) is 0 Å². The summed E-state index contributed by atoms with van der Waals surface area (Å²) in [6.45, 7) is 0. The summed E-state index contributed by atoms with van der Waals surface area (Å²) in [7, 11) is 0. The molecule has 0 unspecified atom stereocenters. The zero-order chi connectivity index (χ0) is 10.9. The molecule has 0 saturated carbocycles. The molecular formula is C12H11N3. The number of nitrogens with zero attached hydrogens (tertiary/aromatic N) is 2. The topological polar surface area (TPSA) is 62.7 Å². The Morgan fingerprint density at radius 2 is 1.67 bits per heavy atom. The molecular weight excluding hydrogens is 186 g/mol. The zero-order valence-corrected chi connectivity index (χ0v) is 8.17. The summed E-state index contributed by atoms with van der Waals surface area (Å²) in [6, 6.07) is 14.7. The van der Waals surface area contributed by atoms with Gasteiger partial charge >= 0.3 is 0 Å². The summed E-state index contributed by atoms with van der Waals surface area (Å²) in [5.41, 5.74) is 6.49. The second-order valence-corrected chi connectivity index (χ2v) is 2.72. The smallest absolute Gasteiger partial charge is 0.101 e. The Balaban J connectivity index is 0.000000162. The van der Waals surface area contributed by atoms with Crippen molar-refractivity contribution in [2.24, 2.45) is 0 Å². The lowest BCUT2D eigenvalue weighted by Crippen LogP contribution is -1.87. The van der Waals surface area contributed by atoms with E-state index in [2.05, 4.69) is 4.98 Å². The van der Waals surface area contributed by atoms with E-state index >= 15 is 0 Å². The van der Waals surface area contributed by atoms with Crippen molar-refractivity contribution in [1.82, 2.24) is 4.98 Å². The normalized spacial score (nSPS) is 8.20. The number of rotatable bonds is 0. The fraction of sp³-hybridized carbons (Fsp3) is 0. The molecule has 15 heavy (non-hydrogen) atoms. The number of nitrogens with two attached hydrogens (primary N) is 1. The van der Waals surface area contributed by atoms with Gasteiger partial charge in [-0.25, -0.2) is 0 Å². The van der Waals surface area contributed by atoms with E-state index < -0.39 is 0 Å². The molecule has 1 aromatic heterocycles. The molecule has 0 spiro atoms. The highest BCUT2D eigenvalue weighted by Crippen LogP contribution is 2.06. The molecule has 3 nitrogen and oxygen atoms in total. The lowest BCUT2D eigenvalue weighted by atomic mass is 10.2. The number of para-hydroxylation sites is 1. The summed E-state index contributed by atoms with van der Waals surface area (Å²) in [5.74, 6) is 0. The van der Waals surface area contributed by atoms with Crippen LogP contribution in [0.15, 0.2) is 54.9 Å². The minimum Gasteiger partial charge on any atom is -0.398 e. The molecule has 0 amide bonds. The third-order valence-corrected chi connectivity index (χ3v) is 1.65. The number of nitriles is 1. The van der Waals surface area contributed by atoms with Crippen LogP contribution in [-0.2, 0) is 0 Å². The van der Waals surface area contributed by atoms with Crippen LogP contribution in [0.4, 0.5) is 5.69 Å². The van der Waals surface area contributed by atoms with Gasteiger partial charge in [0.2, 0.25) is 0 Å². The highest BCUT2D eigenvalue weighted by molar-refractivity contribution is 5.53. The molecule has 0 aliphatic carbocycles. The average Bonchev–Trinajstić information content (AvgIpc) is 2.33. The van der Waals surface area contributed by atoms with E-state index in [-0.39, 0.29) is 0 Å². The molecule has 3 heteroatoms. The summed E-state index contributed by atoms with van der Waals surface area (Å²) in [5, 5.41) is 8.39. The Morgan fingerprint density at radius 1 is 1.00 bits per heavy atom. The Hall–Kier alpha value is -2.34. The van der Waals surface area contributed by atoms with Crippen LogP contribution in [0.3, 0.4) is 0 Å². The molecule has 0 radical (unpaired) electrons. The van der Waals surface area contributed by atoms with Crippen LogP contribution in [0.1, 0.15) is 5.56 Å². The van der Waals surface area contributed by atoms with Crippen molar-refractivity contribution < 1.29 is 0 Å². The highest BCUT2D eigenvalue weighted by Gasteiger charge is 1.90. The van der Waals surface area contributed by atoms with Gasteiger partial charge in [-0.1, -0.05) is 18.2 Å². The van der Waals surface area contributed by atoms with Crippen LogP contribution in [0, 0.1) is 11.3 Å². The monoisotopic (exact) mass is 197 g/mol. The lowest BCUT2D eigenvalue weighted by molar-refractivity contribution is 1.33.